The quantitative estimate of drug-likeness (QED) is 0.797. The number of hydrogen-bond donors (Lipinski definition) is 3. The Morgan fingerprint density at radius 3 is 2.58 bits per heavy atom. The number of aromatic carboxylic acids is 1. The number of carbonyl (C=O) groups is 2. The zero-order chi connectivity index (χ0) is 14.2. The van der Waals surface area contributed by atoms with Gasteiger partial charge in [0.25, 0.3) is 0 Å². The van der Waals surface area contributed by atoms with E-state index in [2.05, 4.69) is 24.5 Å². The zero-order valence-electron chi connectivity index (χ0n) is 10.7. The van der Waals surface area contributed by atoms with Crippen molar-refractivity contribution in [3.05, 3.63) is 28.8 Å². The Hall–Kier alpha value is -1.75. The van der Waals surface area contributed by atoms with Crippen LogP contribution in [0.3, 0.4) is 0 Å². The van der Waals surface area contributed by atoms with Gasteiger partial charge in [-0.3, -0.25) is 0 Å². The molecule has 3 N–H and O–H groups in total. The number of halogens is 1. The van der Waals surface area contributed by atoms with Crippen molar-refractivity contribution < 1.29 is 14.7 Å². The molecular formula is C13H15ClN2O3. The Kier molecular flexibility index (Phi) is 3.41. The summed E-state index contributed by atoms with van der Waals surface area (Å²) in [6.07, 6.45) is 0.918. The highest BCUT2D eigenvalue weighted by Gasteiger charge is 2.46. The number of amides is 2. The predicted molar refractivity (Wildman–Crippen MR) is 72.8 cm³/mol. The Balaban J connectivity index is 2.08. The second kappa shape index (κ2) is 4.74. The molecular weight excluding hydrogens is 268 g/mol. The van der Waals surface area contributed by atoms with Gasteiger partial charge in [-0.25, -0.2) is 9.59 Å². The van der Waals surface area contributed by atoms with Crippen molar-refractivity contribution in [2.24, 2.45) is 5.41 Å². The lowest BCUT2D eigenvalue weighted by Gasteiger charge is -2.11. The summed E-state index contributed by atoms with van der Waals surface area (Å²) < 4.78 is 0. The van der Waals surface area contributed by atoms with Gasteiger partial charge in [0.05, 0.1) is 11.3 Å². The van der Waals surface area contributed by atoms with Crippen molar-refractivity contribution in [2.45, 2.75) is 26.3 Å². The van der Waals surface area contributed by atoms with E-state index in [9.17, 15) is 9.59 Å². The minimum Gasteiger partial charge on any atom is -0.478 e. The molecule has 1 aliphatic carbocycles. The molecule has 19 heavy (non-hydrogen) atoms. The molecule has 102 valence electrons. The van der Waals surface area contributed by atoms with E-state index in [0.29, 0.717) is 5.02 Å². The molecule has 1 atom stereocenters. The average molecular weight is 283 g/mol. The third-order valence-corrected chi connectivity index (χ3v) is 3.51. The molecule has 0 bridgehead atoms. The summed E-state index contributed by atoms with van der Waals surface area (Å²) >= 11 is 5.80. The molecule has 0 spiro atoms. The molecule has 0 heterocycles. The fraction of sp³-hybridized carbons (Fsp3) is 0.385. The normalized spacial score (nSPS) is 19.6. The molecule has 1 aliphatic rings. The molecule has 1 saturated carbocycles. The minimum absolute atomic E-state index is 0.00890. The number of benzene rings is 1. The number of carboxylic acid groups (broad SMARTS) is 1. The van der Waals surface area contributed by atoms with E-state index in [1.165, 1.54) is 18.2 Å². The lowest BCUT2D eigenvalue weighted by atomic mass is 10.2. The first-order valence-electron chi connectivity index (χ1n) is 5.90. The molecule has 0 aromatic heterocycles. The standard InChI is InChI=1S/C13H15ClN2O3/c1-13(2)6-10(13)16-12(19)15-9-5-7(14)3-4-8(9)11(17)18/h3-5,10H,6H2,1-2H3,(H,17,18)(H2,15,16,19). The van der Waals surface area contributed by atoms with E-state index in [4.69, 9.17) is 16.7 Å². The molecule has 5 nitrogen and oxygen atoms in total. The van der Waals surface area contributed by atoms with Crippen LogP contribution in [0, 0.1) is 5.41 Å². The Labute approximate surface area is 116 Å². The highest BCUT2D eigenvalue weighted by atomic mass is 35.5. The number of urea groups is 1. The molecule has 1 aromatic rings. The van der Waals surface area contributed by atoms with Crippen molar-refractivity contribution in [1.82, 2.24) is 5.32 Å². The molecule has 0 saturated heterocycles. The van der Waals surface area contributed by atoms with E-state index in [-0.39, 0.29) is 22.7 Å². The number of anilines is 1. The van der Waals surface area contributed by atoms with E-state index < -0.39 is 12.0 Å². The molecule has 6 heteroatoms. The lowest BCUT2D eigenvalue weighted by molar-refractivity contribution is 0.0698. The van der Waals surface area contributed by atoms with Crippen molar-refractivity contribution in [1.29, 1.82) is 0 Å². The summed E-state index contributed by atoms with van der Waals surface area (Å²) in [6.45, 7) is 4.11. The second-order valence-electron chi connectivity index (χ2n) is 5.34. The Bertz CT molecular complexity index is 543. The fourth-order valence-corrected chi connectivity index (χ4v) is 2.01. The van der Waals surface area contributed by atoms with Crippen molar-refractivity contribution in [2.75, 3.05) is 5.32 Å². The molecule has 1 fully saturated rings. The molecule has 1 unspecified atom stereocenters. The van der Waals surface area contributed by atoms with Gasteiger partial charge in [-0.15, -0.1) is 0 Å². The topological polar surface area (TPSA) is 78.4 Å². The third kappa shape index (κ3) is 3.17. The first-order valence-corrected chi connectivity index (χ1v) is 6.28. The van der Waals surface area contributed by atoms with Crippen LogP contribution in [0.15, 0.2) is 18.2 Å². The first-order chi connectivity index (χ1) is 8.79. The number of nitrogens with one attached hydrogen (secondary N) is 2. The highest BCUT2D eigenvalue weighted by molar-refractivity contribution is 6.31. The van der Waals surface area contributed by atoms with Crippen LogP contribution in [0.25, 0.3) is 0 Å². The number of carboxylic acids is 1. The van der Waals surface area contributed by atoms with Gasteiger partial charge in [-0.1, -0.05) is 25.4 Å². The van der Waals surface area contributed by atoms with Crippen LogP contribution in [0.2, 0.25) is 5.02 Å². The summed E-state index contributed by atoms with van der Waals surface area (Å²) in [5.74, 6) is -1.11. The van der Waals surface area contributed by atoms with Gasteiger partial charge >= 0.3 is 12.0 Å². The van der Waals surface area contributed by atoms with E-state index in [1.807, 2.05) is 0 Å². The van der Waals surface area contributed by atoms with Crippen molar-refractivity contribution in [3.8, 4) is 0 Å². The monoisotopic (exact) mass is 282 g/mol. The summed E-state index contributed by atoms with van der Waals surface area (Å²) in [5, 5.41) is 14.7. The fourth-order valence-electron chi connectivity index (χ4n) is 1.84. The van der Waals surface area contributed by atoms with Crippen molar-refractivity contribution in [3.63, 3.8) is 0 Å². The molecule has 0 radical (unpaired) electrons. The van der Waals surface area contributed by atoms with Crippen LogP contribution >= 0.6 is 11.6 Å². The molecule has 2 rings (SSSR count). The minimum atomic E-state index is -1.11. The van der Waals surface area contributed by atoms with Gasteiger partial charge in [-0.2, -0.15) is 0 Å². The average Bonchev–Trinajstić information content (AvgIpc) is 2.84. The van der Waals surface area contributed by atoms with E-state index in [1.54, 1.807) is 0 Å². The molecule has 0 aliphatic heterocycles. The maximum Gasteiger partial charge on any atom is 0.337 e. The van der Waals surface area contributed by atoms with Crippen LogP contribution in [-0.2, 0) is 0 Å². The largest absolute Gasteiger partial charge is 0.478 e. The van der Waals surface area contributed by atoms with Gasteiger partial charge in [0.1, 0.15) is 0 Å². The Morgan fingerprint density at radius 1 is 1.42 bits per heavy atom. The number of hydrogen-bond acceptors (Lipinski definition) is 2. The van der Waals surface area contributed by atoms with Crippen LogP contribution < -0.4 is 10.6 Å². The smallest absolute Gasteiger partial charge is 0.337 e. The maximum atomic E-state index is 11.8. The van der Waals surface area contributed by atoms with Gasteiger partial charge in [0.2, 0.25) is 0 Å². The second-order valence-corrected chi connectivity index (χ2v) is 5.78. The van der Waals surface area contributed by atoms with Gasteiger partial charge < -0.3 is 15.7 Å². The van der Waals surface area contributed by atoms with Crippen LogP contribution in [0.1, 0.15) is 30.6 Å². The molecule has 1 aromatic carbocycles. The lowest BCUT2D eigenvalue weighted by Crippen LogP contribution is -2.33. The summed E-state index contributed by atoms with van der Waals surface area (Å²) in [6, 6.07) is 3.96. The van der Waals surface area contributed by atoms with Gasteiger partial charge in [0, 0.05) is 11.1 Å². The zero-order valence-corrected chi connectivity index (χ0v) is 11.4. The van der Waals surface area contributed by atoms with E-state index >= 15 is 0 Å². The van der Waals surface area contributed by atoms with E-state index in [0.717, 1.165) is 6.42 Å². The summed E-state index contributed by atoms with van der Waals surface area (Å²) in [7, 11) is 0. The van der Waals surface area contributed by atoms with Gasteiger partial charge in [-0.05, 0) is 30.0 Å². The van der Waals surface area contributed by atoms with Crippen LogP contribution in [0.4, 0.5) is 10.5 Å². The summed E-state index contributed by atoms with van der Waals surface area (Å²) in [5.41, 5.74) is 0.312. The Morgan fingerprint density at radius 2 is 2.05 bits per heavy atom. The highest BCUT2D eigenvalue weighted by Crippen LogP contribution is 2.44. The van der Waals surface area contributed by atoms with Crippen LogP contribution in [-0.4, -0.2) is 23.1 Å². The number of carbonyl (C=O) groups excluding carboxylic acids is 1. The maximum absolute atomic E-state index is 11.8. The predicted octanol–water partition coefficient (Wildman–Crippen LogP) is 2.96. The molecule has 2 amide bonds. The van der Waals surface area contributed by atoms with Crippen LogP contribution in [0.5, 0.6) is 0 Å². The van der Waals surface area contributed by atoms with Gasteiger partial charge in [0.15, 0.2) is 0 Å². The summed E-state index contributed by atoms with van der Waals surface area (Å²) in [4.78, 5) is 22.8. The SMILES string of the molecule is CC1(C)CC1NC(=O)Nc1cc(Cl)ccc1C(=O)O. The van der Waals surface area contributed by atoms with Crippen molar-refractivity contribution >= 4 is 29.3 Å². The first kappa shape index (κ1) is 13.7. The number of rotatable bonds is 3. The third-order valence-electron chi connectivity index (χ3n) is 3.28.